The molecule has 0 aliphatic heterocycles. The van der Waals surface area contributed by atoms with Crippen LogP contribution in [0.1, 0.15) is 11.6 Å². The SMILES string of the molecule is Cc1nnc(CCN)n1C.Cl.Cl. The van der Waals surface area contributed by atoms with Gasteiger partial charge in [0.05, 0.1) is 0 Å². The van der Waals surface area contributed by atoms with E-state index in [4.69, 9.17) is 5.73 Å². The molecule has 1 heterocycles. The van der Waals surface area contributed by atoms with Crippen LogP contribution >= 0.6 is 24.8 Å². The molecule has 0 saturated carbocycles. The minimum atomic E-state index is 0. The Kier molecular flexibility index (Phi) is 7.37. The minimum Gasteiger partial charge on any atom is -0.330 e. The van der Waals surface area contributed by atoms with E-state index in [1.54, 1.807) is 0 Å². The van der Waals surface area contributed by atoms with Crippen molar-refractivity contribution in [2.75, 3.05) is 6.54 Å². The van der Waals surface area contributed by atoms with Crippen LogP contribution in [0.5, 0.6) is 0 Å². The number of aromatic nitrogens is 3. The summed E-state index contributed by atoms with van der Waals surface area (Å²) in [5.74, 6) is 1.89. The van der Waals surface area contributed by atoms with Gasteiger partial charge in [-0.05, 0) is 13.5 Å². The lowest BCUT2D eigenvalue weighted by Crippen LogP contribution is -2.08. The average molecular weight is 213 g/mol. The lowest BCUT2D eigenvalue weighted by atomic mass is 10.4. The van der Waals surface area contributed by atoms with Gasteiger partial charge in [-0.1, -0.05) is 0 Å². The third-order valence-corrected chi connectivity index (χ3v) is 1.55. The number of nitrogens with two attached hydrogens (primary N) is 1. The molecule has 0 unspecified atom stereocenters. The van der Waals surface area contributed by atoms with E-state index < -0.39 is 0 Å². The van der Waals surface area contributed by atoms with Gasteiger partial charge >= 0.3 is 0 Å². The topological polar surface area (TPSA) is 56.7 Å². The third-order valence-electron chi connectivity index (χ3n) is 1.55. The second-order valence-corrected chi connectivity index (χ2v) is 2.26. The highest BCUT2D eigenvalue weighted by Crippen LogP contribution is 1.96. The fourth-order valence-electron chi connectivity index (χ4n) is 0.798. The second-order valence-electron chi connectivity index (χ2n) is 2.26. The monoisotopic (exact) mass is 212 g/mol. The Morgan fingerprint density at radius 1 is 1.33 bits per heavy atom. The fourth-order valence-corrected chi connectivity index (χ4v) is 0.798. The molecule has 0 amide bonds. The van der Waals surface area contributed by atoms with Crippen LogP contribution in [0.25, 0.3) is 0 Å². The molecule has 1 aromatic heterocycles. The predicted molar refractivity (Wildman–Crippen MR) is 53.0 cm³/mol. The average Bonchev–Trinajstić information content (AvgIpc) is 2.20. The highest BCUT2D eigenvalue weighted by atomic mass is 35.5. The van der Waals surface area contributed by atoms with Crippen molar-refractivity contribution in [3.63, 3.8) is 0 Å². The molecule has 0 atom stereocenters. The summed E-state index contributed by atoms with van der Waals surface area (Å²) in [6.07, 6.45) is 0.803. The maximum atomic E-state index is 5.36. The molecule has 0 aliphatic carbocycles. The molecular weight excluding hydrogens is 199 g/mol. The summed E-state index contributed by atoms with van der Waals surface area (Å²) >= 11 is 0. The van der Waals surface area contributed by atoms with Gasteiger partial charge in [0, 0.05) is 13.5 Å². The van der Waals surface area contributed by atoms with Crippen molar-refractivity contribution in [1.29, 1.82) is 0 Å². The van der Waals surface area contributed by atoms with E-state index in [1.807, 2.05) is 18.5 Å². The second kappa shape index (κ2) is 6.22. The van der Waals surface area contributed by atoms with E-state index in [-0.39, 0.29) is 24.8 Å². The molecule has 4 nitrogen and oxygen atoms in total. The Balaban J connectivity index is 0. The Morgan fingerprint density at radius 2 is 1.92 bits per heavy atom. The number of hydrogen-bond donors (Lipinski definition) is 1. The standard InChI is InChI=1S/C6H12N4.2ClH/c1-5-8-9-6(3-4-7)10(5)2;;/h3-4,7H2,1-2H3;2*1H. The van der Waals surface area contributed by atoms with E-state index >= 15 is 0 Å². The summed E-state index contributed by atoms with van der Waals surface area (Å²) in [6, 6.07) is 0. The molecule has 1 rings (SSSR count). The van der Waals surface area contributed by atoms with Crippen molar-refractivity contribution in [3.05, 3.63) is 11.6 Å². The summed E-state index contributed by atoms with van der Waals surface area (Å²) < 4.78 is 1.95. The summed E-state index contributed by atoms with van der Waals surface area (Å²) in [4.78, 5) is 0. The number of hydrogen-bond acceptors (Lipinski definition) is 3. The molecular formula is C6H14Cl2N4. The Hall–Kier alpha value is -0.320. The summed E-state index contributed by atoms with van der Waals surface area (Å²) in [6.45, 7) is 2.55. The zero-order valence-corrected chi connectivity index (χ0v) is 8.78. The van der Waals surface area contributed by atoms with E-state index in [9.17, 15) is 0 Å². The Labute approximate surface area is 84.4 Å². The number of nitrogens with zero attached hydrogens (tertiary/aromatic N) is 3. The molecule has 1 aromatic rings. The molecule has 0 spiro atoms. The van der Waals surface area contributed by atoms with E-state index in [1.165, 1.54) is 0 Å². The van der Waals surface area contributed by atoms with Crippen molar-refractivity contribution in [2.45, 2.75) is 13.3 Å². The first-order valence-electron chi connectivity index (χ1n) is 3.30. The van der Waals surface area contributed by atoms with Gasteiger partial charge in [-0.2, -0.15) is 0 Å². The summed E-state index contributed by atoms with van der Waals surface area (Å²) in [5, 5.41) is 7.83. The van der Waals surface area contributed by atoms with E-state index in [0.717, 1.165) is 18.1 Å². The predicted octanol–water partition coefficient (Wildman–Crippen LogP) is 0.468. The zero-order chi connectivity index (χ0) is 7.56. The van der Waals surface area contributed by atoms with Crippen LogP contribution in [0, 0.1) is 6.92 Å². The molecule has 0 bridgehead atoms. The van der Waals surface area contributed by atoms with Crippen molar-refractivity contribution in [2.24, 2.45) is 12.8 Å². The number of rotatable bonds is 2. The van der Waals surface area contributed by atoms with Crippen molar-refractivity contribution < 1.29 is 0 Å². The zero-order valence-electron chi connectivity index (χ0n) is 7.15. The van der Waals surface area contributed by atoms with Gasteiger partial charge in [0.1, 0.15) is 11.6 Å². The number of halogens is 2. The molecule has 0 aromatic carbocycles. The van der Waals surface area contributed by atoms with Crippen LogP contribution in [-0.2, 0) is 13.5 Å². The molecule has 12 heavy (non-hydrogen) atoms. The lowest BCUT2D eigenvalue weighted by Gasteiger charge is -1.97. The van der Waals surface area contributed by atoms with Crippen LogP contribution in [0.2, 0.25) is 0 Å². The highest BCUT2D eigenvalue weighted by Gasteiger charge is 2.01. The number of aryl methyl sites for hydroxylation is 1. The van der Waals surface area contributed by atoms with Gasteiger partial charge in [-0.3, -0.25) is 0 Å². The van der Waals surface area contributed by atoms with E-state index in [2.05, 4.69) is 10.2 Å². The van der Waals surface area contributed by atoms with Crippen LogP contribution in [0.4, 0.5) is 0 Å². The minimum absolute atomic E-state index is 0. The smallest absolute Gasteiger partial charge is 0.133 e. The Morgan fingerprint density at radius 3 is 2.25 bits per heavy atom. The van der Waals surface area contributed by atoms with Gasteiger partial charge in [0.15, 0.2) is 0 Å². The molecule has 0 aliphatic rings. The highest BCUT2D eigenvalue weighted by molar-refractivity contribution is 5.85. The first-order valence-corrected chi connectivity index (χ1v) is 3.30. The first kappa shape index (κ1) is 14.2. The van der Waals surface area contributed by atoms with Crippen molar-refractivity contribution in [1.82, 2.24) is 14.8 Å². The maximum absolute atomic E-state index is 5.36. The maximum Gasteiger partial charge on any atom is 0.133 e. The molecule has 2 N–H and O–H groups in total. The normalized spacial score (nSPS) is 8.58. The molecule has 0 radical (unpaired) electrons. The van der Waals surface area contributed by atoms with Crippen LogP contribution in [0.3, 0.4) is 0 Å². The fraction of sp³-hybridized carbons (Fsp3) is 0.667. The summed E-state index contributed by atoms with van der Waals surface area (Å²) in [7, 11) is 1.94. The van der Waals surface area contributed by atoms with Gasteiger partial charge < -0.3 is 10.3 Å². The van der Waals surface area contributed by atoms with Crippen LogP contribution in [-0.4, -0.2) is 21.3 Å². The lowest BCUT2D eigenvalue weighted by molar-refractivity contribution is 0.761. The van der Waals surface area contributed by atoms with E-state index in [0.29, 0.717) is 6.54 Å². The van der Waals surface area contributed by atoms with Gasteiger partial charge in [-0.25, -0.2) is 0 Å². The molecule has 72 valence electrons. The van der Waals surface area contributed by atoms with Crippen LogP contribution < -0.4 is 5.73 Å². The molecule has 0 fully saturated rings. The third kappa shape index (κ3) is 2.97. The summed E-state index contributed by atoms with van der Waals surface area (Å²) in [5.41, 5.74) is 5.36. The first-order chi connectivity index (χ1) is 4.75. The Bertz CT molecular complexity index is 223. The van der Waals surface area contributed by atoms with Crippen LogP contribution in [0.15, 0.2) is 0 Å². The molecule has 6 heteroatoms. The quantitative estimate of drug-likeness (QED) is 0.776. The van der Waals surface area contributed by atoms with Gasteiger partial charge in [-0.15, -0.1) is 35.0 Å². The molecule has 0 saturated heterocycles. The van der Waals surface area contributed by atoms with Crippen molar-refractivity contribution in [3.8, 4) is 0 Å². The van der Waals surface area contributed by atoms with Gasteiger partial charge in [0.25, 0.3) is 0 Å². The van der Waals surface area contributed by atoms with Crippen molar-refractivity contribution >= 4 is 24.8 Å². The largest absolute Gasteiger partial charge is 0.330 e. The van der Waals surface area contributed by atoms with Gasteiger partial charge in [0.2, 0.25) is 0 Å².